The lowest BCUT2D eigenvalue weighted by Gasteiger charge is -2.27. The number of aryl methyl sites for hydroxylation is 1. The van der Waals surface area contributed by atoms with Crippen LogP contribution in [0.5, 0.6) is 5.75 Å². The molecule has 2 unspecified atom stereocenters. The number of hydrogen-bond donors (Lipinski definition) is 2. The van der Waals surface area contributed by atoms with Crippen molar-refractivity contribution in [1.29, 1.82) is 0 Å². The van der Waals surface area contributed by atoms with Crippen LogP contribution in [0.4, 0.5) is 0 Å². The molecule has 0 radical (unpaired) electrons. The van der Waals surface area contributed by atoms with Crippen molar-refractivity contribution in [3.05, 3.63) is 29.3 Å². The van der Waals surface area contributed by atoms with Gasteiger partial charge in [0.05, 0.1) is 0 Å². The molecule has 4 heteroatoms. The van der Waals surface area contributed by atoms with E-state index in [1.807, 2.05) is 52.8 Å². The third-order valence-corrected chi connectivity index (χ3v) is 3.68. The third kappa shape index (κ3) is 5.05. The highest BCUT2D eigenvalue weighted by Crippen LogP contribution is 2.26. The topological polar surface area (TPSA) is 64.3 Å². The van der Waals surface area contributed by atoms with Crippen LogP contribution >= 0.6 is 0 Å². The minimum absolute atomic E-state index is 0.112. The van der Waals surface area contributed by atoms with Crippen LogP contribution in [0.25, 0.3) is 0 Å². The molecule has 0 heterocycles. The number of carbonyl (C=O) groups excluding carboxylic acids is 1. The van der Waals surface area contributed by atoms with Gasteiger partial charge >= 0.3 is 0 Å². The third-order valence-electron chi connectivity index (χ3n) is 3.68. The van der Waals surface area contributed by atoms with Crippen molar-refractivity contribution in [2.24, 2.45) is 5.73 Å². The lowest BCUT2D eigenvalue weighted by atomic mass is 10.0. The van der Waals surface area contributed by atoms with Gasteiger partial charge in [0.1, 0.15) is 5.75 Å². The molecule has 0 aliphatic heterocycles. The first-order chi connectivity index (χ1) is 9.66. The van der Waals surface area contributed by atoms with E-state index < -0.39 is 6.10 Å². The molecule has 1 aromatic carbocycles. The van der Waals surface area contributed by atoms with Crippen molar-refractivity contribution in [2.75, 3.05) is 0 Å². The van der Waals surface area contributed by atoms with Crippen molar-refractivity contribution < 1.29 is 9.53 Å². The molecule has 0 spiro atoms. The van der Waals surface area contributed by atoms with E-state index in [1.54, 1.807) is 6.92 Å². The number of nitrogens with two attached hydrogens (primary N) is 1. The second-order valence-electron chi connectivity index (χ2n) is 6.32. The highest BCUT2D eigenvalue weighted by molar-refractivity contribution is 5.81. The summed E-state index contributed by atoms with van der Waals surface area (Å²) >= 11 is 0. The zero-order valence-corrected chi connectivity index (χ0v) is 14.0. The molecule has 0 saturated carbocycles. The Morgan fingerprint density at radius 3 is 2.52 bits per heavy atom. The molecule has 1 rings (SSSR count). The predicted octanol–water partition coefficient (Wildman–Crippen LogP) is 3.09. The monoisotopic (exact) mass is 292 g/mol. The van der Waals surface area contributed by atoms with Gasteiger partial charge in [-0.25, -0.2) is 0 Å². The average molecular weight is 292 g/mol. The summed E-state index contributed by atoms with van der Waals surface area (Å²) in [4.78, 5) is 12.2. The van der Waals surface area contributed by atoms with E-state index in [0.717, 1.165) is 17.5 Å². The van der Waals surface area contributed by atoms with E-state index in [9.17, 15) is 4.79 Å². The van der Waals surface area contributed by atoms with Crippen LogP contribution in [0.3, 0.4) is 0 Å². The first kappa shape index (κ1) is 17.5. The highest BCUT2D eigenvalue weighted by atomic mass is 16.5. The van der Waals surface area contributed by atoms with Crippen molar-refractivity contribution >= 4 is 5.91 Å². The van der Waals surface area contributed by atoms with Gasteiger partial charge in [-0.2, -0.15) is 0 Å². The van der Waals surface area contributed by atoms with E-state index in [1.165, 1.54) is 0 Å². The molecule has 0 bridgehead atoms. The number of hydrogen-bond acceptors (Lipinski definition) is 3. The number of amides is 1. The van der Waals surface area contributed by atoms with Gasteiger partial charge < -0.3 is 15.8 Å². The summed E-state index contributed by atoms with van der Waals surface area (Å²) in [6.07, 6.45) is 0.302. The normalized spacial score (nSPS) is 14.4. The van der Waals surface area contributed by atoms with Gasteiger partial charge in [0.2, 0.25) is 0 Å². The summed E-state index contributed by atoms with van der Waals surface area (Å²) in [6.45, 7) is 11.7. The second-order valence-corrected chi connectivity index (χ2v) is 6.32. The Kier molecular flexibility index (Phi) is 5.78. The molecular formula is C17H28N2O2. The van der Waals surface area contributed by atoms with E-state index in [2.05, 4.69) is 5.32 Å². The number of nitrogens with one attached hydrogen (secondary N) is 1. The summed E-state index contributed by atoms with van der Waals surface area (Å²) < 4.78 is 5.85. The van der Waals surface area contributed by atoms with E-state index in [4.69, 9.17) is 10.5 Å². The van der Waals surface area contributed by atoms with Crippen LogP contribution in [-0.2, 0) is 4.79 Å². The molecule has 0 aromatic heterocycles. The van der Waals surface area contributed by atoms with Gasteiger partial charge in [-0.1, -0.05) is 19.1 Å². The molecule has 3 N–H and O–H groups in total. The largest absolute Gasteiger partial charge is 0.481 e. The standard InChI is InChI=1S/C17H28N2O2/c1-7-17(5,6)19-16(20)13(4)21-15-10-11(2)8-9-14(15)12(3)18/h8-10,12-13H,7,18H2,1-6H3,(H,19,20). The van der Waals surface area contributed by atoms with Gasteiger partial charge in [-0.15, -0.1) is 0 Å². The van der Waals surface area contributed by atoms with Crippen LogP contribution < -0.4 is 15.8 Å². The molecule has 118 valence electrons. The SMILES string of the molecule is CCC(C)(C)NC(=O)C(C)Oc1cc(C)ccc1C(C)N. The fourth-order valence-corrected chi connectivity index (χ4v) is 1.89. The molecular weight excluding hydrogens is 264 g/mol. The number of ether oxygens (including phenoxy) is 1. The maximum absolute atomic E-state index is 12.2. The molecule has 0 aliphatic rings. The summed E-state index contributed by atoms with van der Waals surface area (Å²) in [5.74, 6) is 0.570. The zero-order chi connectivity index (χ0) is 16.2. The van der Waals surface area contributed by atoms with Crippen LogP contribution in [0.15, 0.2) is 18.2 Å². The Hall–Kier alpha value is -1.55. The lowest BCUT2D eigenvalue weighted by molar-refractivity contribution is -0.129. The van der Waals surface area contributed by atoms with Gasteiger partial charge in [0.15, 0.2) is 6.10 Å². The van der Waals surface area contributed by atoms with Gasteiger partial charge in [-0.3, -0.25) is 4.79 Å². The maximum atomic E-state index is 12.2. The second kappa shape index (κ2) is 6.94. The Balaban J connectivity index is 2.85. The molecule has 2 atom stereocenters. The fourth-order valence-electron chi connectivity index (χ4n) is 1.89. The number of rotatable bonds is 6. The smallest absolute Gasteiger partial charge is 0.261 e. The quantitative estimate of drug-likeness (QED) is 0.847. The molecule has 1 aromatic rings. The summed E-state index contributed by atoms with van der Waals surface area (Å²) in [7, 11) is 0. The zero-order valence-electron chi connectivity index (χ0n) is 14.0. The van der Waals surface area contributed by atoms with Crippen molar-refractivity contribution in [3.63, 3.8) is 0 Å². The first-order valence-electron chi connectivity index (χ1n) is 7.51. The molecule has 0 fully saturated rings. The molecule has 4 nitrogen and oxygen atoms in total. The minimum atomic E-state index is -0.560. The Morgan fingerprint density at radius 1 is 1.38 bits per heavy atom. The summed E-state index contributed by atoms with van der Waals surface area (Å²) in [5.41, 5.74) is 7.72. The minimum Gasteiger partial charge on any atom is -0.481 e. The number of benzene rings is 1. The van der Waals surface area contributed by atoms with Crippen LogP contribution in [0.1, 0.15) is 58.2 Å². The molecule has 0 saturated heterocycles. The van der Waals surface area contributed by atoms with Gasteiger partial charge in [0, 0.05) is 17.1 Å². The van der Waals surface area contributed by atoms with Crippen LogP contribution in [0, 0.1) is 6.92 Å². The average Bonchev–Trinajstić information content (AvgIpc) is 2.37. The van der Waals surface area contributed by atoms with Crippen LogP contribution in [0.2, 0.25) is 0 Å². The molecule has 0 aliphatic carbocycles. The van der Waals surface area contributed by atoms with Crippen molar-refractivity contribution in [2.45, 2.75) is 65.6 Å². The van der Waals surface area contributed by atoms with E-state index >= 15 is 0 Å². The fraction of sp³-hybridized carbons (Fsp3) is 0.588. The first-order valence-corrected chi connectivity index (χ1v) is 7.51. The van der Waals surface area contributed by atoms with Crippen molar-refractivity contribution in [1.82, 2.24) is 5.32 Å². The Labute approximate surface area is 128 Å². The van der Waals surface area contributed by atoms with Crippen LogP contribution in [-0.4, -0.2) is 17.6 Å². The lowest BCUT2D eigenvalue weighted by Crippen LogP contribution is -2.48. The molecule has 21 heavy (non-hydrogen) atoms. The van der Waals surface area contributed by atoms with Crippen molar-refractivity contribution in [3.8, 4) is 5.75 Å². The Bertz CT molecular complexity index is 496. The summed E-state index contributed by atoms with van der Waals surface area (Å²) in [5, 5.41) is 2.99. The van der Waals surface area contributed by atoms with Gasteiger partial charge in [-0.05, 0) is 52.7 Å². The van der Waals surface area contributed by atoms with E-state index in [0.29, 0.717) is 5.75 Å². The van der Waals surface area contributed by atoms with E-state index in [-0.39, 0.29) is 17.5 Å². The van der Waals surface area contributed by atoms with Gasteiger partial charge in [0.25, 0.3) is 5.91 Å². The Morgan fingerprint density at radius 2 is 2.00 bits per heavy atom. The predicted molar refractivity (Wildman–Crippen MR) is 86.4 cm³/mol. The maximum Gasteiger partial charge on any atom is 0.261 e. The highest BCUT2D eigenvalue weighted by Gasteiger charge is 2.23. The molecule has 1 amide bonds. The summed E-state index contributed by atoms with van der Waals surface area (Å²) in [6, 6.07) is 5.74. The number of carbonyl (C=O) groups is 1.